The van der Waals surface area contributed by atoms with Gasteiger partial charge in [0.05, 0.1) is 0 Å². The summed E-state index contributed by atoms with van der Waals surface area (Å²) in [5.74, 6) is 0.305. The zero-order valence-corrected chi connectivity index (χ0v) is 21.4. The number of aryl methyl sites for hydroxylation is 3. The first-order valence-electron chi connectivity index (χ1n) is 12.2. The maximum atomic E-state index is 13.6. The van der Waals surface area contributed by atoms with E-state index in [0.717, 1.165) is 33.4 Å². The second kappa shape index (κ2) is 12.2. The van der Waals surface area contributed by atoms with Crippen LogP contribution in [-0.4, -0.2) is 35.9 Å². The van der Waals surface area contributed by atoms with Crippen molar-refractivity contribution < 1.29 is 14.3 Å². The molecule has 0 fully saturated rings. The number of amides is 2. The molecule has 0 aliphatic heterocycles. The third-order valence-electron chi connectivity index (χ3n) is 6.21. The Labute approximate surface area is 209 Å². The Morgan fingerprint density at radius 3 is 2.23 bits per heavy atom. The zero-order chi connectivity index (χ0) is 25.4. The molecule has 0 aliphatic carbocycles. The van der Waals surface area contributed by atoms with Crippen LogP contribution in [0.15, 0.2) is 66.7 Å². The molecule has 0 bridgehead atoms. The van der Waals surface area contributed by atoms with Crippen molar-refractivity contribution in [3.05, 3.63) is 100 Å². The van der Waals surface area contributed by atoms with Gasteiger partial charge < -0.3 is 15.0 Å². The van der Waals surface area contributed by atoms with Crippen molar-refractivity contribution in [3.8, 4) is 5.75 Å². The molecule has 1 atom stereocenters. The molecule has 3 rings (SSSR count). The number of likely N-dealkylation sites (N-methyl/N-ethyl adjacent to an activating group) is 1. The Morgan fingerprint density at radius 1 is 0.886 bits per heavy atom. The molecule has 0 radical (unpaired) electrons. The number of nitrogens with zero attached hydrogens (tertiary/aromatic N) is 1. The van der Waals surface area contributed by atoms with Gasteiger partial charge >= 0.3 is 0 Å². The van der Waals surface area contributed by atoms with Crippen molar-refractivity contribution in [2.45, 2.75) is 53.6 Å². The van der Waals surface area contributed by atoms with Crippen LogP contribution in [0.4, 0.5) is 0 Å². The van der Waals surface area contributed by atoms with E-state index >= 15 is 0 Å². The van der Waals surface area contributed by atoms with Crippen molar-refractivity contribution in [3.63, 3.8) is 0 Å². The first-order valence-corrected chi connectivity index (χ1v) is 12.2. The summed E-state index contributed by atoms with van der Waals surface area (Å²) in [6.45, 7) is 10.6. The summed E-state index contributed by atoms with van der Waals surface area (Å²) in [6.07, 6.45) is 0.423. The molecule has 0 aliphatic rings. The summed E-state index contributed by atoms with van der Waals surface area (Å²) in [6, 6.07) is 21.2. The van der Waals surface area contributed by atoms with Gasteiger partial charge in [0.15, 0.2) is 6.61 Å². The highest BCUT2D eigenvalue weighted by molar-refractivity contribution is 5.88. The molecule has 35 heavy (non-hydrogen) atoms. The summed E-state index contributed by atoms with van der Waals surface area (Å²) < 4.78 is 6.02. The molecule has 0 unspecified atom stereocenters. The molecule has 5 nitrogen and oxygen atoms in total. The van der Waals surface area contributed by atoms with Gasteiger partial charge in [0.1, 0.15) is 11.8 Å². The average molecular weight is 473 g/mol. The van der Waals surface area contributed by atoms with E-state index in [1.807, 2.05) is 95.3 Å². The van der Waals surface area contributed by atoms with Crippen LogP contribution in [0, 0.1) is 27.7 Å². The van der Waals surface area contributed by atoms with Crippen molar-refractivity contribution in [2.24, 2.45) is 0 Å². The number of ether oxygens (including phenoxy) is 1. The van der Waals surface area contributed by atoms with Crippen LogP contribution in [0.5, 0.6) is 5.75 Å². The quantitative estimate of drug-likeness (QED) is 0.448. The predicted molar refractivity (Wildman–Crippen MR) is 140 cm³/mol. The highest BCUT2D eigenvalue weighted by Gasteiger charge is 2.30. The topological polar surface area (TPSA) is 58.6 Å². The van der Waals surface area contributed by atoms with Crippen LogP contribution in [0.2, 0.25) is 0 Å². The number of rotatable bonds is 10. The summed E-state index contributed by atoms with van der Waals surface area (Å²) in [5, 5.41) is 2.92. The van der Waals surface area contributed by atoms with Crippen LogP contribution in [0.25, 0.3) is 0 Å². The molecule has 0 saturated carbocycles. The van der Waals surface area contributed by atoms with E-state index in [-0.39, 0.29) is 18.4 Å². The summed E-state index contributed by atoms with van der Waals surface area (Å²) in [7, 11) is 0. The van der Waals surface area contributed by atoms with Crippen molar-refractivity contribution >= 4 is 11.8 Å². The molecular weight excluding hydrogens is 436 g/mol. The van der Waals surface area contributed by atoms with Crippen molar-refractivity contribution in [1.29, 1.82) is 0 Å². The number of carbonyl (C=O) groups excluding carboxylic acids is 2. The third kappa shape index (κ3) is 7.19. The first-order chi connectivity index (χ1) is 16.8. The van der Waals surface area contributed by atoms with Crippen molar-refractivity contribution in [2.75, 3.05) is 13.2 Å². The highest BCUT2D eigenvalue weighted by atomic mass is 16.5. The Kier molecular flexibility index (Phi) is 9.07. The van der Waals surface area contributed by atoms with Gasteiger partial charge in [0.2, 0.25) is 5.91 Å². The molecule has 5 heteroatoms. The van der Waals surface area contributed by atoms with Crippen LogP contribution < -0.4 is 10.1 Å². The molecule has 3 aromatic rings. The standard InChI is InChI=1S/C30H36N2O3/c1-6-31-30(34)27(18-25-10-8-7-9-11-25)32(19-26-14-12-21(2)13-15-26)29(33)20-35-28-17-22(3)16-23(4)24(28)5/h7-17,27H,6,18-20H2,1-5H3,(H,31,34)/t27-/m0/s1. The van der Waals surface area contributed by atoms with E-state index in [0.29, 0.717) is 25.3 Å². The summed E-state index contributed by atoms with van der Waals surface area (Å²) >= 11 is 0. The van der Waals surface area contributed by atoms with Gasteiger partial charge in [0, 0.05) is 19.5 Å². The van der Waals surface area contributed by atoms with E-state index in [4.69, 9.17) is 4.74 Å². The average Bonchev–Trinajstić information content (AvgIpc) is 2.84. The predicted octanol–water partition coefficient (Wildman–Crippen LogP) is 5.08. The number of hydrogen-bond donors (Lipinski definition) is 1. The SMILES string of the molecule is CCNC(=O)[C@H](Cc1ccccc1)N(Cc1ccc(C)cc1)C(=O)COc1cc(C)cc(C)c1C. The van der Waals surface area contributed by atoms with Gasteiger partial charge in [-0.1, -0.05) is 66.2 Å². The Morgan fingerprint density at radius 2 is 1.57 bits per heavy atom. The zero-order valence-electron chi connectivity index (χ0n) is 21.4. The fourth-order valence-electron chi connectivity index (χ4n) is 4.11. The molecule has 0 heterocycles. The Bertz CT molecular complexity index is 1140. The molecule has 0 aromatic heterocycles. The normalized spacial score (nSPS) is 11.6. The van der Waals surface area contributed by atoms with Crippen molar-refractivity contribution in [1.82, 2.24) is 10.2 Å². The molecule has 0 saturated heterocycles. The van der Waals surface area contributed by atoms with E-state index in [1.165, 1.54) is 0 Å². The number of benzene rings is 3. The lowest BCUT2D eigenvalue weighted by Crippen LogP contribution is -2.51. The lowest BCUT2D eigenvalue weighted by atomic mass is 10.0. The van der Waals surface area contributed by atoms with E-state index in [2.05, 4.69) is 11.4 Å². The van der Waals surface area contributed by atoms with E-state index in [9.17, 15) is 9.59 Å². The van der Waals surface area contributed by atoms with Crippen LogP contribution in [0.1, 0.15) is 40.3 Å². The number of carbonyl (C=O) groups is 2. The van der Waals surface area contributed by atoms with Crippen LogP contribution >= 0.6 is 0 Å². The van der Waals surface area contributed by atoms with E-state index in [1.54, 1.807) is 4.90 Å². The van der Waals surface area contributed by atoms with Crippen LogP contribution in [0.3, 0.4) is 0 Å². The minimum atomic E-state index is -0.657. The van der Waals surface area contributed by atoms with Gasteiger partial charge in [-0.05, 0) is 68.5 Å². The minimum absolute atomic E-state index is 0.139. The maximum absolute atomic E-state index is 13.6. The second-order valence-electron chi connectivity index (χ2n) is 9.10. The maximum Gasteiger partial charge on any atom is 0.261 e. The molecule has 184 valence electrons. The third-order valence-corrected chi connectivity index (χ3v) is 6.21. The minimum Gasteiger partial charge on any atom is -0.483 e. The monoisotopic (exact) mass is 472 g/mol. The van der Waals surface area contributed by atoms with Crippen LogP contribution in [-0.2, 0) is 22.6 Å². The molecule has 2 amide bonds. The lowest BCUT2D eigenvalue weighted by Gasteiger charge is -2.31. The Hall–Kier alpha value is -3.60. The fraction of sp³-hybridized carbons (Fsp3) is 0.333. The highest BCUT2D eigenvalue weighted by Crippen LogP contribution is 2.24. The van der Waals surface area contributed by atoms with E-state index < -0.39 is 6.04 Å². The lowest BCUT2D eigenvalue weighted by molar-refractivity contribution is -0.142. The molecule has 1 N–H and O–H groups in total. The van der Waals surface area contributed by atoms with Gasteiger partial charge in [-0.25, -0.2) is 0 Å². The van der Waals surface area contributed by atoms with Gasteiger partial charge in [-0.2, -0.15) is 0 Å². The molecule has 3 aromatic carbocycles. The Balaban J connectivity index is 1.91. The summed E-state index contributed by atoms with van der Waals surface area (Å²) in [5.41, 5.74) is 6.32. The largest absolute Gasteiger partial charge is 0.483 e. The smallest absolute Gasteiger partial charge is 0.261 e. The second-order valence-corrected chi connectivity index (χ2v) is 9.10. The van der Waals surface area contributed by atoms with Gasteiger partial charge in [-0.3, -0.25) is 9.59 Å². The molecule has 0 spiro atoms. The van der Waals surface area contributed by atoms with Gasteiger partial charge in [-0.15, -0.1) is 0 Å². The fourth-order valence-corrected chi connectivity index (χ4v) is 4.11. The summed E-state index contributed by atoms with van der Waals surface area (Å²) in [4.78, 5) is 28.5. The number of hydrogen-bond acceptors (Lipinski definition) is 3. The first kappa shape index (κ1) is 26.0. The number of nitrogens with one attached hydrogen (secondary N) is 1. The van der Waals surface area contributed by atoms with Gasteiger partial charge in [0.25, 0.3) is 5.91 Å². The molecular formula is C30H36N2O3.